The maximum Gasteiger partial charge on any atom is 0.313 e. The molecule has 0 aliphatic rings. The van der Waals surface area contributed by atoms with Gasteiger partial charge in [-0.15, -0.1) is 11.8 Å². The number of nitrogens with one attached hydrogen (secondary N) is 1. The monoisotopic (exact) mass is 301 g/mol. The molecule has 112 valence electrons. The fourth-order valence-electron chi connectivity index (χ4n) is 1.34. The second-order valence-corrected chi connectivity index (χ2v) is 5.60. The molecule has 0 spiro atoms. The van der Waals surface area contributed by atoms with Crippen molar-refractivity contribution in [2.75, 3.05) is 18.1 Å². The van der Waals surface area contributed by atoms with E-state index >= 15 is 0 Å². The van der Waals surface area contributed by atoms with Crippen molar-refractivity contribution in [3.8, 4) is 0 Å². The van der Waals surface area contributed by atoms with E-state index < -0.39 is 5.97 Å². The average Bonchev–Trinajstić information content (AvgIpc) is 2.84. The number of aromatic nitrogens is 2. The van der Waals surface area contributed by atoms with Crippen LogP contribution in [0.3, 0.4) is 0 Å². The van der Waals surface area contributed by atoms with Gasteiger partial charge in [0.15, 0.2) is 5.82 Å². The Balaban J connectivity index is 2.14. The molecule has 0 aromatic carbocycles. The van der Waals surface area contributed by atoms with Crippen molar-refractivity contribution >= 4 is 23.6 Å². The van der Waals surface area contributed by atoms with E-state index in [0.29, 0.717) is 30.4 Å². The van der Waals surface area contributed by atoms with Crippen LogP contribution in [0.15, 0.2) is 4.52 Å². The fourth-order valence-corrected chi connectivity index (χ4v) is 1.90. The maximum atomic E-state index is 11.5. The maximum absolute atomic E-state index is 11.5. The number of carbonyl (C=O) groups excluding carboxylic acids is 1. The SMILES string of the molecule is CC(C)c1noc(CCC(=O)NCCSCC(=O)O)n1. The largest absolute Gasteiger partial charge is 0.481 e. The van der Waals surface area contributed by atoms with Crippen LogP contribution in [0.5, 0.6) is 0 Å². The topological polar surface area (TPSA) is 105 Å². The predicted molar refractivity (Wildman–Crippen MR) is 74.7 cm³/mol. The van der Waals surface area contributed by atoms with Gasteiger partial charge in [0.05, 0.1) is 5.75 Å². The van der Waals surface area contributed by atoms with Crippen molar-refractivity contribution in [2.24, 2.45) is 0 Å². The van der Waals surface area contributed by atoms with Gasteiger partial charge >= 0.3 is 5.97 Å². The lowest BCUT2D eigenvalue weighted by molar-refractivity contribution is -0.133. The molecular formula is C12H19N3O4S. The van der Waals surface area contributed by atoms with Gasteiger partial charge in [-0.3, -0.25) is 9.59 Å². The molecule has 20 heavy (non-hydrogen) atoms. The molecule has 0 bridgehead atoms. The Bertz CT molecular complexity index is 448. The molecule has 0 saturated carbocycles. The van der Waals surface area contributed by atoms with E-state index in [4.69, 9.17) is 9.63 Å². The van der Waals surface area contributed by atoms with E-state index in [2.05, 4.69) is 15.5 Å². The Morgan fingerprint density at radius 2 is 2.20 bits per heavy atom. The van der Waals surface area contributed by atoms with Gasteiger partial charge in [0, 0.05) is 31.1 Å². The Kier molecular flexibility index (Phi) is 7.06. The fraction of sp³-hybridized carbons (Fsp3) is 0.667. The van der Waals surface area contributed by atoms with Crippen molar-refractivity contribution in [1.29, 1.82) is 0 Å². The Hall–Kier alpha value is -1.57. The molecule has 1 heterocycles. The number of aliphatic carboxylic acids is 1. The third kappa shape index (κ3) is 6.55. The second kappa shape index (κ2) is 8.57. The van der Waals surface area contributed by atoms with Gasteiger partial charge in [-0.1, -0.05) is 19.0 Å². The summed E-state index contributed by atoms with van der Waals surface area (Å²) in [6, 6.07) is 0. The number of carboxylic acids is 1. The van der Waals surface area contributed by atoms with Crippen molar-refractivity contribution in [3.63, 3.8) is 0 Å². The van der Waals surface area contributed by atoms with Gasteiger partial charge in [0.2, 0.25) is 11.8 Å². The number of hydrogen-bond donors (Lipinski definition) is 2. The first kappa shape index (κ1) is 16.5. The molecule has 1 aromatic heterocycles. The van der Waals surface area contributed by atoms with Crippen molar-refractivity contribution in [2.45, 2.75) is 32.6 Å². The van der Waals surface area contributed by atoms with Crippen LogP contribution >= 0.6 is 11.8 Å². The Morgan fingerprint density at radius 3 is 2.80 bits per heavy atom. The molecule has 0 unspecified atom stereocenters. The molecule has 2 N–H and O–H groups in total. The summed E-state index contributed by atoms with van der Waals surface area (Å²) < 4.78 is 5.04. The highest BCUT2D eigenvalue weighted by Gasteiger charge is 2.11. The first-order valence-electron chi connectivity index (χ1n) is 6.37. The van der Waals surface area contributed by atoms with Crippen LogP contribution in [-0.2, 0) is 16.0 Å². The number of rotatable bonds is 9. The molecule has 0 saturated heterocycles. The van der Waals surface area contributed by atoms with Crippen LogP contribution in [0.4, 0.5) is 0 Å². The smallest absolute Gasteiger partial charge is 0.313 e. The summed E-state index contributed by atoms with van der Waals surface area (Å²) in [5.41, 5.74) is 0. The van der Waals surface area contributed by atoms with Crippen LogP contribution in [0, 0.1) is 0 Å². The third-order valence-corrected chi connectivity index (χ3v) is 3.30. The zero-order chi connectivity index (χ0) is 15.0. The highest BCUT2D eigenvalue weighted by molar-refractivity contribution is 7.99. The summed E-state index contributed by atoms with van der Waals surface area (Å²) in [7, 11) is 0. The van der Waals surface area contributed by atoms with Crippen LogP contribution < -0.4 is 5.32 Å². The molecule has 1 amide bonds. The van der Waals surface area contributed by atoms with Gasteiger partial charge < -0.3 is 14.9 Å². The molecule has 7 nitrogen and oxygen atoms in total. The lowest BCUT2D eigenvalue weighted by Crippen LogP contribution is -2.26. The molecule has 0 aliphatic heterocycles. The quantitative estimate of drug-likeness (QED) is 0.657. The molecule has 0 atom stereocenters. The van der Waals surface area contributed by atoms with E-state index in [0.717, 1.165) is 0 Å². The standard InChI is InChI=1S/C12H19N3O4S/c1-8(2)12-14-10(19-15-12)4-3-9(16)13-5-6-20-7-11(17)18/h8H,3-7H2,1-2H3,(H,13,16)(H,17,18). The number of hydrogen-bond acceptors (Lipinski definition) is 6. The van der Waals surface area contributed by atoms with Gasteiger partial charge in [0.25, 0.3) is 0 Å². The molecule has 8 heteroatoms. The van der Waals surface area contributed by atoms with Gasteiger partial charge in [-0.2, -0.15) is 4.98 Å². The number of carbonyl (C=O) groups is 2. The summed E-state index contributed by atoms with van der Waals surface area (Å²) in [6.07, 6.45) is 0.692. The molecule has 0 aliphatic carbocycles. The van der Waals surface area contributed by atoms with Gasteiger partial charge in [-0.25, -0.2) is 0 Å². The van der Waals surface area contributed by atoms with Crippen LogP contribution in [0.2, 0.25) is 0 Å². The van der Waals surface area contributed by atoms with E-state index in [1.165, 1.54) is 11.8 Å². The number of amides is 1. The molecule has 0 fully saturated rings. The predicted octanol–water partition coefficient (Wildman–Crippen LogP) is 1.06. The summed E-state index contributed by atoms with van der Waals surface area (Å²) in [5, 5.41) is 15.0. The first-order valence-corrected chi connectivity index (χ1v) is 7.53. The van der Waals surface area contributed by atoms with E-state index in [1.807, 2.05) is 13.8 Å². The summed E-state index contributed by atoms with van der Waals surface area (Å²) in [5.74, 6) is 0.984. The van der Waals surface area contributed by atoms with Gasteiger partial charge in [0.1, 0.15) is 0 Å². The van der Waals surface area contributed by atoms with Gasteiger partial charge in [-0.05, 0) is 0 Å². The minimum atomic E-state index is -0.848. The average molecular weight is 301 g/mol. The summed E-state index contributed by atoms with van der Waals surface area (Å²) >= 11 is 1.27. The number of aryl methyl sites for hydroxylation is 1. The van der Waals surface area contributed by atoms with E-state index in [9.17, 15) is 9.59 Å². The van der Waals surface area contributed by atoms with E-state index in [1.54, 1.807) is 0 Å². The highest BCUT2D eigenvalue weighted by Crippen LogP contribution is 2.10. The highest BCUT2D eigenvalue weighted by atomic mass is 32.2. The minimum Gasteiger partial charge on any atom is -0.481 e. The minimum absolute atomic E-state index is 0.0514. The van der Waals surface area contributed by atoms with Crippen LogP contribution in [0.1, 0.15) is 37.9 Å². The van der Waals surface area contributed by atoms with Crippen molar-refractivity contribution in [3.05, 3.63) is 11.7 Å². The molecule has 1 aromatic rings. The van der Waals surface area contributed by atoms with Crippen molar-refractivity contribution in [1.82, 2.24) is 15.5 Å². The molecule has 1 rings (SSSR count). The number of nitrogens with zero attached hydrogens (tertiary/aromatic N) is 2. The lowest BCUT2D eigenvalue weighted by atomic mass is 10.2. The molecule has 0 radical (unpaired) electrons. The summed E-state index contributed by atoms with van der Waals surface area (Å²) in [4.78, 5) is 26.0. The Morgan fingerprint density at radius 1 is 1.45 bits per heavy atom. The first-order chi connectivity index (χ1) is 9.49. The second-order valence-electron chi connectivity index (χ2n) is 4.50. The lowest BCUT2D eigenvalue weighted by Gasteiger charge is -2.02. The van der Waals surface area contributed by atoms with Crippen molar-refractivity contribution < 1.29 is 19.2 Å². The van der Waals surface area contributed by atoms with E-state index in [-0.39, 0.29) is 24.0 Å². The van der Waals surface area contributed by atoms with Crippen LogP contribution in [0.25, 0.3) is 0 Å². The zero-order valence-electron chi connectivity index (χ0n) is 11.6. The Labute approximate surface area is 121 Å². The van der Waals surface area contributed by atoms with Crippen LogP contribution in [-0.4, -0.2) is 45.2 Å². The number of carboxylic acid groups (broad SMARTS) is 1. The summed E-state index contributed by atoms with van der Waals surface area (Å²) in [6.45, 7) is 4.39. The molecular weight excluding hydrogens is 282 g/mol. The third-order valence-electron chi connectivity index (χ3n) is 2.36. The zero-order valence-corrected chi connectivity index (χ0v) is 12.4. The normalized spacial score (nSPS) is 10.8. The number of thioether (sulfide) groups is 1.